The van der Waals surface area contributed by atoms with E-state index < -0.39 is 10.0 Å². The second kappa shape index (κ2) is 5.57. The molecule has 5 nitrogen and oxygen atoms in total. The van der Waals surface area contributed by atoms with Gasteiger partial charge in [0.2, 0.25) is 0 Å². The molecule has 0 radical (unpaired) electrons. The van der Waals surface area contributed by atoms with Gasteiger partial charge < -0.3 is 4.57 Å². The Balaban J connectivity index is 1.63. The van der Waals surface area contributed by atoms with E-state index in [1.54, 1.807) is 24.3 Å². The quantitative estimate of drug-likeness (QED) is 0.659. The number of para-hydroxylation sites is 1. The van der Waals surface area contributed by atoms with Gasteiger partial charge in [0.05, 0.1) is 16.3 Å². The van der Waals surface area contributed by atoms with Gasteiger partial charge in [-0.25, -0.2) is 8.42 Å². The number of sulfonamides is 1. The fourth-order valence-electron chi connectivity index (χ4n) is 4.49. The summed E-state index contributed by atoms with van der Waals surface area (Å²) in [5.41, 5.74) is 3.15. The molecular formula is C21H18N2O3S. The molecule has 3 aromatic rings. The third-order valence-electron chi connectivity index (χ3n) is 5.73. The van der Waals surface area contributed by atoms with Gasteiger partial charge in [-0.3, -0.25) is 9.10 Å². The number of aldehydes is 1. The zero-order valence-corrected chi connectivity index (χ0v) is 15.4. The van der Waals surface area contributed by atoms with E-state index in [2.05, 4.69) is 0 Å². The van der Waals surface area contributed by atoms with Gasteiger partial charge in [-0.1, -0.05) is 36.4 Å². The van der Waals surface area contributed by atoms with E-state index in [4.69, 9.17) is 0 Å². The van der Waals surface area contributed by atoms with Crippen molar-refractivity contribution < 1.29 is 13.2 Å². The summed E-state index contributed by atoms with van der Waals surface area (Å²) < 4.78 is 30.2. The molecule has 3 heterocycles. The fraction of sp³-hybridized carbons (Fsp3) is 0.190. The van der Waals surface area contributed by atoms with Crippen LogP contribution < -0.4 is 4.31 Å². The molecule has 6 heteroatoms. The Morgan fingerprint density at radius 2 is 1.63 bits per heavy atom. The number of anilines is 1. The van der Waals surface area contributed by atoms with Crippen molar-refractivity contribution >= 4 is 22.0 Å². The molecule has 5 rings (SSSR count). The summed E-state index contributed by atoms with van der Waals surface area (Å²) in [6.07, 6.45) is 1.58. The maximum atomic E-state index is 13.3. The summed E-state index contributed by atoms with van der Waals surface area (Å²) in [6, 6.07) is 20.1. The number of carbonyl (C=O) groups is 1. The predicted molar refractivity (Wildman–Crippen MR) is 103 cm³/mol. The molecule has 0 amide bonds. The number of aromatic nitrogens is 1. The lowest BCUT2D eigenvalue weighted by molar-refractivity contribution is 0.111. The van der Waals surface area contributed by atoms with Crippen LogP contribution in [0.4, 0.5) is 5.69 Å². The van der Waals surface area contributed by atoms with E-state index in [1.165, 1.54) is 4.31 Å². The largest absolute Gasteiger partial charge is 0.341 e. The van der Waals surface area contributed by atoms with Crippen LogP contribution in [0.3, 0.4) is 0 Å². The van der Waals surface area contributed by atoms with Crippen molar-refractivity contribution in [3.05, 3.63) is 83.7 Å². The zero-order chi connectivity index (χ0) is 18.6. The summed E-state index contributed by atoms with van der Waals surface area (Å²) >= 11 is 0. The first-order valence-corrected chi connectivity index (χ1v) is 10.3. The molecule has 2 aliphatic heterocycles. The molecule has 0 aliphatic carbocycles. The molecule has 0 saturated heterocycles. The molecule has 136 valence electrons. The molecule has 0 N–H and O–H groups in total. The highest BCUT2D eigenvalue weighted by Crippen LogP contribution is 2.49. The van der Waals surface area contributed by atoms with Gasteiger partial charge in [0.15, 0.2) is 6.29 Å². The first-order chi connectivity index (χ1) is 13.0. The van der Waals surface area contributed by atoms with E-state index in [-0.39, 0.29) is 5.41 Å². The summed E-state index contributed by atoms with van der Waals surface area (Å²) in [5, 5.41) is 0. The molecule has 2 aromatic carbocycles. The number of hydrogen-bond acceptors (Lipinski definition) is 3. The molecule has 1 unspecified atom stereocenters. The van der Waals surface area contributed by atoms with Crippen molar-refractivity contribution in [1.29, 1.82) is 0 Å². The Kier molecular flexibility index (Phi) is 3.37. The highest BCUT2D eigenvalue weighted by molar-refractivity contribution is 7.92. The monoisotopic (exact) mass is 378 g/mol. The highest BCUT2D eigenvalue weighted by atomic mass is 32.2. The van der Waals surface area contributed by atoms with Crippen LogP contribution in [0.2, 0.25) is 0 Å². The van der Waals surface area contributed by atoms with E-state index in [0.717, 1.165) is 29.7 Å². The number of rotatable bonds is 3. The van der Waals surface area contributed by atoms with E-state index in [0.29, 0.717) is 23.7 Å². The van der Waals surface area contributed by atoms with Crippen LogP contribution in [0.5, 0.6) is 0 Å². The SMILES string of the molecule is O=Cc1ccc2n1CC1(C2)CN(S(=O)(=O)c2ccccc2)c2ccccc21. The molecule has 1 atom stereocenters. The lowest BCUT2D eigenvalue weighted by Gasteiger charge is -2.25. The third kappa shape index (κ3) is 2.23. The fourth-order valence-corrected chi connectivity index (χ4v) is 6.08. The van der Waals surface area contributed by atoms with Crippen LogP contribution in [-0.4, -0.2) is 25.8 Å². The van der Waals surface area contributed by atoms with E-state index in [1.807, 2.05) is 47.0 Å². The van der Waals surface area contributed by atoms with Crippen LogP contribution in [0.1, 0.15) is 21.7 Å². The summed E-state index contributed by atoms with van der Waals surface area (Å²) in [7, 11) is -3.65. The first kappa shape index (κ1) is 16.3. The van der Waals surface area contributed by atoms with Crippen LogP contribution in [0, 0.1) is 0 Å². The van der Waals surface area contributed by atoms with Gasteiger partial charge in [-0.15, -0.1) is 0 Å². The van der Waals surface area contributed by atoms with Gasteiger partial charge in [0, 0.05) is 30.6 Å². The van der Waals surface area contributed by atoms with Gasteiger partial charge in [0.25, 0.3) is 10.0 Å². The average molecular weight is 378 g/mol. The summed E-state index contributed by atoms with van der Waals surface area (Å²) in [5.74, 6) is 0. The Hall–Kier alpha value is -2.86. The number of hydrogen-bond donors (Lipinski definition) is 0. The average Bonchev–Trinajstić information content (AvgIpc) is 3.34. The van der Waals surface area contributed by atoms with Crippen molar-refractivity contribution in [3.63, 3.8) is 0 Å². The highest BCUT2D eigenvalue weighted by Gasteiger charge is 2.50. The van der Waals surface area contributed by atoms with Gasteiger partial charge in [0.1, 0.15) is 0 Å². The van der Waals surface area contributed by atoms with Crippen LogP contribution in [0.25, 0.3) is 0 Å². The molecule has 1 spiro atoms. The molecule has 0 bridgehead atoms. The molecule has 0 fully saturated rings. The number of carbonyl (C=O) groups excluding carboxylic acids is 1. The normalized spacial score (nSPS) is 20.7. The Morgan fingerprint density at radius 1 is 0.889 bits per heavy atom. The molecular weight excluding hydrogens is 360 g/mol. The van der Waals surface area contributed by atoms with Gasteiger partial charge >= 0.3 is 0 Å². The lowest BCUT2D eigenvalue weighted by Crippen LogP contribution is -2.38. The second-order valence-electron chi connectivity index (χ2n) is 7.25. The van der Waals surface area contributed by atoms with E-state index >= 15 is 0 Å². The van der Waals surface area contributed by atoms with Crippen molar-refractivity contribution in [1.82, 2.24) is 4.57 Å². The first-order valence-electron chi connectivity index (χ1n) is 8.86. The lowest BCUT2D eigenvalue weighted by atomic mass is 9.80. The number of benzene rings is 2. The van der Waals surface area contributed by atoms with Crippen LogP contribution in [-0.2, 0) is 28.4 Å². The van der Waals surface area contributed by atoms with Crippen LogP contribution in [0.15, 0.2) is 71.6 Å². The van der Waals surface area contributed by atoms with Crippen molar-refractivity contribution in [2.45, 2.75) is 23.3 Å². The maximum Gasteiger partial charge on any atom is 0.264 e. The minimum atomic E-state index is -3.65. The third-order valence-corrected chi connectivity index (χ3v) is 7.50. The minimum Gasteiger partial charge on any atom is -0.341 e. The van der Waals surface area contributed by atoms with Crippen molar-refractivity contribution in [2.24, 2.45) is 0 Å². The topological polar surface area (TPSA) is 59.4 Å². The summed E-state index contributed by atoms with van der Waals surface area (Å²) in [4.78, 5) is 11.7. The van der Waals surface area contributed by atoms with Crippen molar-refractivity contribution in [2.75, 3.05) is 10.8 Å². The standard InChI is InChI=1S/C21H18N2O3S/c24-13-17-11-10-16-12-21(14-22(16)17)15-23(20-9-5-4-8-19(20)21)27(25,26)18-6-2-1-3-7-18/h1-11,13H,12,14-15H2. The van der Waals surface area contributed by atoms with Crippen LogP contribution >= 0.6 is 0 Å². The number of fused-ring (bicyclic) bond motifs is 3. The van der Waals surface area contributed by atoms with Gasteiger partial charge in [-0.05, 0) is 35.9 Å². The second-order valence-corrected chi connectivity index (χ2v) is 9.11. The smallest absolute Gasteiger partial charge is 0.264 e. The maximum absolute atomic E-state index is 13.3. The minimum absolute atomic E-state index is 0.294. The Labute approximate surface area is 157 Å². The predicted octanol–water partition coefficient (Wildman–Crippen LogP) is 3.00. The summed E-state index contributed by atoms with van der Waals surface area (Å²) in [6.45, 7) is 0.991. The van der Waals surface area contributed by atoms with Crippen molar-refractivity contribution in [3.8, 4) is 0 Å². The van der Waals surface area contributed by atoms with E-state index in [9.17, 15) is 13.2 Å². The zero-order valence-electron chi connectivity index (χ0n) is 14.6. The Morgan fingerprint density at radius 3 is 2.41 bits per heavy atom. The molecule has 2 aliphatic rings. The number of nitrogens with zero attached hydrogens (tertiary/aromatic N) is 2. The Bertz CT molecular complexity index is 1150. The molecule has 1 aromatic heterocycles. The van der Waals surface area contributed by atoms with Gasteiger partial charge in [-0.2, -0.15) is 0 Å². The molecule has 27 heavy (non-hydrogen) atoms. The molecule has 0 saturated carbocycles.